The van der Waals surface area contributed by atoms with E-state index < -0.39 is 17.8 Å². The molecule has 0 aromatic heterocycles. The number of carboxylic acid groups (broad SMARTS) is 1. The van der Waals surface area contributed by atoms with E-state index in [0.29, 0.717) is 17.7 Å². The van der Waals surface area contributed by atoms with Gasteiger partial charge in [-0.2, -0.15) is 0 Å². The van der Waals surface area contributed by atoms with Gasteiger partial charge in [0, 0.05) is 23.3 Å². The third kappa shape index (κ3) is 4.18. The Bertz CT molecular complexity index is 737. The van der Waals surface area contributed by atoms with E-state index in [-0.39, 0.29) is 23.2 Å². The molecule has 2 rings (SSSR count). The molecule has 0 radical (unpaired) electrons. The number of thioether (sulfide) groups is 1. The average Bonchev–Trinajstić information content (AvgIpc) is 2.85. The molecule has 0 spiro atoms. The minimum absolute atomic E-state index is 0.113. The van der Waals surface area contributed by atoms with E-state index >= 15 is 0 Å². The zero-order valence-electron chi connectivity index (χ0n) is 15.6. The van der Waals surface area contributed by atoms with Crippen LogP contribution < -0.4 is 0 Å². The zero-order chi connectivity index (χ0) is 19.4. The van der Waals surface area contributed by atoms with Crippen molar-refractivity contribution in [1.29, 1.82) is 0 Å². The summed E-state index contributed by atoms with van der Waals surface area (Å²) in [5, 5.41) is 8.79. The normalized spacial score (nSPS) is 17.3. The van der Waals surface area contributed by atoms with Crippen LogP contribution in [-0.2, 0) is 16.0 Å². The van der Waals surface area contributed by atoms with Crippen LogP contribution in [0.4, 0.5) is 0 Å². The molecule has 140 valence electrons. The van der Waals surface area contributed by atoms with Crippen molar-refractivity contribution in [3.05, 3.63) is 46.5 Å². The predicted octanol–water partition coefficient (Wildman–Crippen LogP) is 3.39. The van der Waals surface area contributed by atoms with Crippen LogP contribution in [0.25, 0.3) is 0 Å². The van der Waals surface area contributed by atoms with Crippen LogP contribution in [0.15, 0.2) is 35.4 Å². The average molecular weight is 375 g/mol. The second-order valence-corrected chi connectivity index (χ2v) is 7.70. The van der Waals surface area contributed by atoms with Crippen molar-refractivity contribution in [2.75, 3.05) is 12.8 Å². The molecule has 1 atom stereocenters. The first-order chi connectivity index (χ1) is 12.3. The molecule has 5 nitrogen and oxygen atoms in total. The number of carbonyl (C=O) groups is 3. The Labute approximate surface area is 158 Å². The first-order valence-corrected chi connectivity index (χ1v) is 10.0. The summed E-state index contributed by atoms with van der Waals surface area (Å²) >= 11 is 1.39. The van der Waals surface area contributed by atoms with Gasteiger partial charge < -0.3 is 10.0 Å². The first kappa shape index (κ1) is 20.2. The van der Waals surface area contributed by atoms with E-state index in [9.17, 15) is 19.5 Å². The molecule has 1 aliphatic rings. The summed E-state index contributed by atoms with van der Waals surface area (Å²) in [6, 6.07) is 7.28. The van der Waals surface area contributed by atoms with Gasteiger partial charge in [0.1, 0.15) is 5.37 Å². The number of carboxylic acids is 1. The van der Waals surface area contributed by atoms with Crippen LogP contribution >= 0.6 is 11.8 Å². The van der Waals surface area contributed by atoms with E-state index in [2.05, 4.69) is 0 Å². The molecule has 0 aliphatic carbocycles. The number of aliphatic carboxylic acids is 1. The van der Waals surface area contributed by atoms with Crippen molar-refractivity contribution in [1.82, 2.24) is 4.90 Å². The summed E-state index contributed by atoms with van der Waals surface area (Å²) in [5.74, 6) is -1.49. The number of amides is 1. The smallest absolute Gasteiger partial charge is 0.308 e. The van der Waals surface area contributed by atoms with Crippen molar-refractivity contribution in [3.63, 3.8) is 0 Å². The molecule has 6 heteroatoms. The van der Waals surface area contributed by atoms with Gasteiger partial charge in [-0.1, -0.05) is 45.0 Å². The van der Waals surface area contributed by atoms with E-state index in [1.165, 1.54) is 11.8 Å². The number of ketones is 1. The van der Waals surface area contributed by atoms with Crippen LogP contribution in [0.2, 0.25) is 0 Å². The molecule has 0 saturated carbocycles. The maximum atomic E-state index is 13.1. The van der Waals surface area contributed by atoms with E-state index in [4.69, 9.17) is 0 Å². The first-order valence-electron chi connectivity index (χ1n) is 8.72. The largest absolute Gasteiger partial charge is 0.481 e. The molecule has 0 saturated heterocycles. The fourth-order valence-corrected chi connectivity index (χ4v) is 4.06. The molecular formula is C20H25NO4S. The third-order valence-corrected chi connectivity index (χ3v) is 5.29. The van der Waals surface area contributed by atoms with Crippen molar-refractivity contribution in [3.8, 4) is 0 Å². The minimum Gasteiger partial charge on any atom is -0.481 e. The van der Waals surface area contributed by atoms with Crippen LogP contribution in [0.1, 0.15) is 43.1 Å². The second-order valence-electron chi connectivity index (χ2n) is 6.78. The third-order valence-electron chi connectivity index (χ3n) is 4.36. The summed E-state index contributed by atoms with van der Waals surface area (Å²) in [4.78, 5) is 38.9. The number of rotatable bonds is 8. The monoisotopic (exact) mass is 375 g/mol. The highest BCUT2D eigenvalue weighted by atomic mass is 32.2. The molecule has 1 aromatic rings. The fraction of sp³-hybridized carbons (Fsp3) is 0.450. The molecule has 1 aromatic carbocycles. The van der Waals surface area contributed by atoms with Crippen molar-refractivity contribution in [2.45, 2.75) is 39.0 Å². The highest BCUT2D eigenvalue weighted by molar-refractivity contribution is 7.99. The molecule has 1 amide bonds. The van der Waals surface area contributed by atoms with Gasteiger partial charge in [0.2, 0.25) is 0 Å². The van der Waals surface area contributed by atoms with Crippen LogP contribution in [0, 0.1) is 5.92 Å². The lowest BCUT2D eigenvalue weighted by atomic mass is 9.97. The van der Waals surface area contributed by atoms with Gasteiger partial charge in [0.05, 0.1) is 6.42 Å². The summed E-state index contributed by atoms with van der Waals surface area (Å²) in [5.41, 5.74) is 2.03. The van der Waals surface area contributed by atoms with Gasteiger partial charge in [-0.3, -0.25) is 14.4 Å². The number of hydrogen-bond acceptors (Lipinski definition) is 4. The predicted molar refractivity (Wildman–Crippen MR) is 103 cm³/mol. The quantitative estimate of drug-likeness (QED) is 0.705. The summed E-state index contributed by atoms with van der Waals surface area (Å²) in [6.07, 6.45) is 2.27. The van der Waals surface area contributed by atoms with Gasteiger partial charge in [0.25, 0.3) is 5.91 Å². The molecule has 0 unspecified atom stereocenters. The number of nitrogens with zero attached hydrogens (tertiary/aromatic N) is 1. The molecule has 26 heavy (non-hydrogen) atoms. The fourth-order valence-electron chi connectivity index (χ4n) is 3.14. The Hall–Kier alpha value is -2.08. The summed E-state index contributed by atoms with van der Waals surface area (Å²) in [7, 11) is 0. The Morgan fingerprint density at radius 1 is 1.23 bits per heavy atom. The van der Waals surface area contributed by atoms with Gasteiger partial charge >= 0.3 is 5.97 Å². The van der Waals surface area contributed by atoms with Gasteiger partial charge in [0.15, 0.2) is 5.78 Å². The Morgan fingerprint density at radius 2 is 1.85 bits per heavy atom. The molecule has 1 heterocycles. The number of benzene rings is 1. The lowest BCUT2D eigenvalue weighted by Gasteiger charge is -2.27. The molecule has 1 N–H and O–H groups in total. The summed E-state index contributed by atoms with van der Waals surface area (Å²) < 4.78 is 0. The summed E-state index contributed by atoms with van der Waals surface area (Å²) in [6.45, 7) is 6.50. The number of carbonyl (C=O) groups excluding carboxylic acids is 2. The maximum absolute atomic E-state index is 13.1. The molecular weight excluding hydrogens is 350 g/mol. The Morgan fingerprint density at radius 3 is 2.31 bits per heavy atom. The Kier molecular flexibility index (Phi) is 6.64. The number of hydrogen-bond donors (Lipinski definition) is 1. The van der Waals surface area contributed by atoms with Crippen molar-refractivity contribution >= 4 is 29.4 Å². The van der Waals surface area contributed by atoms with Crippen molar-refractivity contribution < 1.29 is 19.5 Å². The molecule has 0 fully saturated rings. The Balaban J connectivity index is 2.49. The van der Waals surface area contributed by atoms with E-state index in [1.54, 1.807) is 17.0 Å². The number of aryl methyl sites for hydroxylation is 1. The minimum atomic E-state index is -1.11. The zero-order valence-corrected chi connectivity index (χ0v) is 16.4. The van der Waals surface area contributed by atoms with Crippen LogP contribution in [0.5, 0.6) is 0 Å². The van der Waals surface area contributed by atoms with Gasteiger partial charge in [-0.15, -0.1) is 11.8 Å². The van der Waals surface area contributed by atoms with Crippen LogP contribution in [0.3, 0.4) is 0 Å². The maximum Gasteiger partial charge on any atom is 0.308 e. The lowest BCUT2D eigenvalue weighted by molar-refractivity contribution is -0.137. The molecule has 0 bridgehead atoms. The van der Waals surface area contributed by atoms with E-state index in [0.717, 1.165) is 12.0 Å². The highest BCUT2D eigenvalue weighted by Crippen LogP contribution is 2.36. The van der Waals surface area contributed by atoms with Gasteiger partial charge in [-0.25, -0.2) is 0 Å². The highest BCUT2D eigenvalue weighted by Gasteiger charge is 2.42. The second kappa shape index (κ2) is 8.54. The topological polar surface area (TPSA) is 74.7 Å². The lowest BCUT2D eigenvalue weighted by Crippen LogP contribution is -2.37. The van der Waals surface area contributed by atoms with Crippen LogP contribution in [-0.4, -0.2) is 45.8 Å². The molecule has 1 aliphatic heterocycles. The number of Topliss-reactive ketones (excluding diaryl/α,β-unsaturated/α-hetero) is 1. The standard InChI is InChI=1S/C20H25NO4S/c1-5-13-6-8-14(9-7-13)18(24)17-15(10-16(22)23)19(25)21(11-12(2)3)20(17)26-4/h6-9,12,20H,5,10-11H2,1-4H3,(H,22,23)/t20-/m0/s1. The van der Waals surface area contributed by atoms with Gasteiger partial charge in [-0.05, 0) is 24.2 Å². The SMILES string of the molecule is CCc1ccc(C(=O)C2=C(CC(=O)O)C(=O)N(CC(C)C)[C@H]2SC)cc1. The van der Waals surface area contributed by atoms with Crippen molar-refractivity contribution in [2.24, 2.45) is 5.92 Å². The van der Waals surface area contributed by atoms with E-state index in [1.807, 2.05) is 39.2 Å².